The minimum atomic E-state index is -3.80. The number of hydrogen-bond donors (Lipinski definition) is 2. The first-order valence-electron chi connectivity index (χ1n) is 8.46. The van der Waals surface area contributed by atoms with E-state index in [0.29, 0.717) is 24.2 Å². The third kappa shape index (κ3) is 3.30. The molecule has 7 nitrogen and oxygen atoms in total. The molecule has 3 N–H and O–H groups in total. The molecule has 0 aliphatic heterocycles. The number of carbonyl (C=O) groups excluding carboxylic acids is 1. The number of hydrogen-bond acceptors (Lipinski definition) is 5. The molecule has 28 heavy (non-hydrogen) atoms. The molecule has 0 atom stereocenters. The summed E-state index contributed by atoms with van der Waals surface area (Å²) in [4.78, 5) is 12.7. The summed E-state index contributed by atoms with van der Waals surface area (Å²) in [5.41, 5.74) is 0.299. The van der Waals surface area contributed by atoms with Gasteiger partial charge in [0.05, 0.1) is 21.6 Å². The third-order valence-corrected chi connectivity index (χ3v) is 5.69. The second-order valence-corrected chi connectivity index (χ2v) is 8.22. The van der Waals surface area contributed by atoms with E-state index in [1.807, 2.05) is 0 Å². The van der Waals surface area contributed by atoms with E-state index in [1.165, 1.54) is 30.3 Å². The van der Waals surface area contributed by atoms with Gasteiger partial charge in [0, 0.05) is 11.8 Å². The highest BCUT2D eigenvalue weighted by Gasteiger charge is 2.53. The maximum Gasteiger partial charge on any atom is 0.238 e. The van der Waals surface area contributed by atoms with Crippen LogP contribution >= 0.6 is 0 Å². The Balaban J connectivity index is 1.55. The van der Waals surface area contributed by atoms with Crippen molar-refractivity contribution >= 4 is 21.6 Å². The molecule has 3 aromatic rings. The van der Waals surface area contributed by atoms with Crippen LogP contribution in [0.5, 0.6) is 0 Å². The molecular weight excluding hydrogens is 385 g/mol. The van der Waals surface area contributed by atoms with Crippen LogP contribution in [0.4, 0.5) is 10.1 Å². The molecule has 1 aromatic heterocycles. The summed E-state index contributed by atoms with van der Waals surface area (Å²) >= 11 is 0. The van der Waals surface area contributed by atoms with Gasteiger partial charge in [0.25, 0.3) is 0 Å². The number of amides is 1. The molecule has 144 valence electrons. The van der Waals surface area contributed by atoms with E-state index >= 15 is 0 Å². The van der Waals surface area contributed by atoms with Crippen molar-refractivity contribution in [3.63, 3.8) is 0 Å². The minimum Gasteiger partial charge on any atom is -0.356 e. The molecular formula is C19H16FN3O4S. The number of anilines is 1. The van der Waals surface area contributed by atoms with Gasteiger partial charge in [0.1, 0.15) is 5.82 Å². The Morgan fingerprint density at radius 1 is 1.14 bits per heavy atom. The monoisotopic (exact) mass is 401 g/mol. The number of carbonyl (C=O) groups is 1. The SMILES string of the molecule is NS(=O)(=O)c1ccc(NC(=O)C2(c3cc(-c4ccccc4F)on3)CC2)cc1. The molecule has 4 rings (SSSR count). The molecule has 0 saturated heterocycles. The second kappa shape index (κ2) is 6.54. The highest BCUT2D eigenvalue weighted by molar-refractivity contribution is 7.89. The summed E-state index contributed by atoms with van der Waals surface area (Å²) in [6, 6.07) is 13.3. The fourth-order valence-corrected chi connectivity index (χ4v) is 3.51. The van der Waals surface area contributed by atoms with Gasteiger partial charge in [-0.05, 0) is 49.2 Å². The Bertz CT molecular complexity index is 1150. The summed E-state index contributed by atoms with van der Waals surface area (Å²) < 4.78 is 41.8. The van der Waals surface area contributed by atoms with Crippen molar-refractivity contribution in [3.05, 3.63) is 66.1 Å². The summed E-state index contributed by atoms with van der Waals surface area (Å²) in [5.74, 6) is -0.469. The molecule has 1 aliphatic rings. The van der Waals surface area contributed by atoms with Crippen molar-refractivity contribution in [2.24, 2.45) is 5.14 Å². The highest BCUT2D eigenvalue weighted by atomic mass is 32.2. The van der Waals surface area contributed by atoms with E-state index in [1.54, 1.807) is 24.3 Å². The predicted molar refractivity (Wildman–Crippen MR) is 99.3 cm³/mol. The van der Waals surface area contributed by atoms with Gasteiger partial charge < -0.3 is 9.84 Å². The van der Waals surface area contributed by atoms with Gasteiger partial charge in [-0.2, -0.15) is 0 Å². The van der Waals surface area contributed by atoms with Crippen molar-refractivity contribution in [1.29, 1.82) is 0 Å². The van der Waals surface area contributed by atoms with Crippen molar-refractivity contribution in [2.45, 2.75) is 23.2 Å². The zero-order valence-corrected chi connectivity index (χ0v) is 15.4. The fourth-order valence-electron chi connectivity index (χ4n) is 2.99. The number of sulfonamides is 1. The van der Waals surface area contributed by atoms with Crippen LogP contribution in [-0.2, 0) is 20.2 Å². The van der Waals surface area contributed by atoms with E-state index in [4.69, 9.17) is 9.66 Å². The Morgan fingerprint density at radius 3 is 2.43 bits per heavy atom. The van der Waals surface area contributed by atoms with Gasteiger partial charge in [-0.3, -0.25) is 4.79 Å². The van der Waals surface area contributed by atoms with Crippen LogP contribution in [-0.4, -0.2) is 19.5 Å². The van der Waals surface area contributed by atoms with Crippen LogP contribution in [0.1, 0.15) is 18.5 Å². The van der Waals surface area contributed by atoms with Crippen LogP contribution in [0.2, 0.25) is 0 Å². The first-order chi connectivity index (χ1) is 13.3. The summed E-state index contributed by atoms with van der Waals surface area (Å²) in [7, 11) is -3.80. The molecule has 1 heterocycles. The number of halogens is 1. The molecule has 0 spiro atoms. The first kappa shape index (κ1) is 18.3. The van der Waals surface area contributed by atoms with Crippen molar-refractivity contribution < 1.29 is 22.1 Å². The zero-order chi connectivity index (χ0) is 19.9. The molecule has 0 unspecified atom stereocenters. The second-order valence-electron chi connectivity index (χ2n) is 6.66. The Morgan fingerprint density at radius 2 is 1.82 bits per heavy atom. The van der Waals surface area contributed by atoms with E-state index in [2.05, 4.69) is 10.5 Å². The number of rotatable bonds is 5. The van der Waals surface area contributed by atoms with Gasteiger partial charge in [0.2, 0.25) is 15.9 Å². The Labute approximate surface area is 160 Å². The standard InChI is InChI=1S/C19H16FN3O4S/c20-15-4-2-1-3-14(15)16-11-17(23-27-16)19(9-10-19)18(24)22-12-5-7-13(8-6-12)28(21,25)26/h1-8,11H,9-10H2,(H,22,24)(H2,21,25,26). The van der Waals surface area contributed by atoms with Crippen molar-refractivity contribution in [1.82, 2.24) is 5.16 Å². The van der Waals surface area contributed by atoms with Gasteiger partial charge in [0.15, 0.2) is 5.76 Å². The van der Waals surface area contributed by atoms with Gasteiger partial charge >= 0.3 is 0 Å². The highest BCUT2D eigenvalue weighted by Crippen LogP contribution is 2.49. The summed E-state index contributed by atoms with van der Waals surface area (Å²) in [6.07, 6.45) is 1.16. The van der Waals surface area contributed by atoms with Gasteiger partial charge in [-0.15, -0.1) is 0 Å². The number of nitrogens with one attached hydrogen (secondary N) is 1. The molecule has 9 heteroatoms. The predicted octanol–water partition coefficient (Wildman–Crippen LogP) is 2.80. The van der Waals surface area contributed by atoms with Crippen LogP contribution < -0.4 is 10.5 Å². The number of nitrogens with zero attached hydrogens (tertiary/aromatic N) is 1. The van der Waals surface area contributed by atoms with Crippen molar-refractivity contribution in [3.8, 4) is 11.3 Å². The average molecular weight is 401 g/mol. The lowest BCUT2D eigenvalue weighted by molar-refractivity contribution is -0.118. The van der Waals surface area contributed by atoms with Crippen LogP contribution in [0.3, 0.4) is 0 Å². The lowest BCUT2D eigenvalue weighted by Crippen LogP contribution is -2.28. The number of primary sulfonamides is 1. The molecule has 1 saturated carbocycles. The smallest absolute Gasteiger partial charge is 0.238 e. The molecule has 0 radical (unpaired) electrons. The van der Waals surface area contributed by atoms with Gasteiger partial charge in [-0.25, -0.2) is 17.9 Å². The maximum absolute atomic E-state index is 13.9. The fraction of sp³-hybridized carbons (Fsp3) is 0.158. The van der Waals surface area contributed by atoms with Crippen LogP contribution in [0.15, 0.2) is 64.0 Å². The van der Waals surface area contributed by atoms with Crippen molar-refractivity contribution in [2.75, 3.05) is 5.32 Å². The van der Waals surface area contributed by atoms with Crippen LogP contribution in [0.25, 0.3) is 11.3 Å². The van der Waals surface area contributed by atoms with Gasteiger partial charge in [-0.1, -0.05) is 17.3 Å². The summed E-state index contributed by atoms with van der Waals surface area (Å²) in [5, 5.41) is 11.8. The summed E-state index contributed by atoms with van der Waals surface area (Å²) in [6.45, 7) is 0. The van der Waals surface area contributed by atoms with E-state index in [9.17, 15) is 17.6 Å². The topological polar surface area (TPSA) is 115 Å². The largest absolute Gasteiger partial charge is 0.356 e. The third-order valence-electron chi connectivity index (χ3n) is 4.77. The van der Waals surface area contributed by atoms with Crippen LogP contribution in [0, 0.1) is 5.82 Å². The number of benzene rings is 2. The Kier molecular flexibility index (Phi) is 4.28. The normalized spacial score (nSPS) is 15.2. The molecule has 0 bridgehead atoms. The maximum atomic E-state index is 13.9. The molecule has 1 fully saturated rings. The average Bonchev–Trinajstić information content (AvgIpc) is 3.33. The van der Waals surface area contributed by atoms with E-state index < -0.39 is 21.3 Å². The van der Waals surface area contributed by atoms with E-state index in [-0.39, 0.29) is 22.1 Å². The Hall–Kier alpha value is -3.04. The quantitative estimate of drug-likeness (QED) is 0.682. The zero-order valence-electron chi connectivity index (χ0n) is 14.6. The number of nitrogens with two attached hydrogens (primary N) is 1. The van der Waals surface area contributed by atoms with E-state index in [0.717, 1.165) is 0 Å². The minimum absolute atomic E-state index is 0.0438. The first-order valence-corrected chi connectivity index (χ1v) is 10.0. The number of aromatic nitrogens is 1. The molecule has 2 aromatic carbocycles. The lowest BCUT2D eigenvalue weighted by atomic mass is 10.00. The molecule has 1 aliphatic carbocycles. The molecule has 1 amide bonds. The lowest BCUT2D eigenvalue weighted by Gasteiger charge is -2.12.